The summed E-state index contributed by atoms with van der Waals surface area (Å²) < 4.78 is 2.00. The highest BCUT2D eigenvalue weighted by molar-refractivity contribution is 4.81. The van der Waals surface area contributed by atoms with Gasteiger partial charge in [-0.25, -0.2) is 4.98 Å². The van der Waals surface area contributed by atoms with E-state index in [2.05, 4.69) is 22.3 Å². The van der Waals surface area contributed by atoms with Crippen molar-refractivity contribution in [2.24, 2.45) is 5.92 Å². The number of rotatable bonds is 5. The van der Waals surface area contributed by atoms with Gasteiger partial charge in [-0.1, -0.05) is 19.8 Å². The van der Waals surface area contributed by atoms with E-state index in [1.54, 1.807) is 0 Å². The summed E-state index contributed by atoms with van der Waals surface area (Å²) >= 11 is 0. The zero-order chi connectivity index (χ0) is 10.5. The maximum absolute atomic E-state index is 4.45. The number of aromatic nitrogens is 3. The van der Waals surface area contributed by atoms with Gasteiger partial charge in [-0.05, 0) is 25.3 Å². The second-order valence-corrected chi connectivity index (χ2v) is 4.31. The third-order valence-corrected chi connectivity index (χ3v) is 3.04. The van der Waals surface area contributed by atoms with Crippen LogP contribution in [0.4, 0.5) is 0 Å². The molecule has 2 rings (SSSR count). The Balaban J connectivity index is 1.83. The van der Waals surface area contributed by atoms with Crippen molar-refractivity contribution in [1.82, 2.24) is 20.1 Å². The molecule has 1 N–H and O–H groups in total. The predicted octanol–water partition coefficient (Wildman–Crippen LogP) is 1.58. The zero-order valence-electron chi connectivity index (χ0n) is 9.45. The van der Waals surface area contributed by atoms with Gasteiger partial charge in [0.1, 0.15) is 6.33 Å². The lowest BCUT2D eigenvalue weighted by molar-refractivity contribution is 0.426. The predicted molar refractivity (Wildman–Crippen MR) is 59.4 cm³/mol. The minimum absolute atomic E-state index is 0.786. The molecule has 0 aromatic carbocycles. The highest BCUT2D eigenvalue weighted by Gasteiger charge is 2.15. The van der Waals surface area contributed by atoms with Gasteiger partial charge in [0.05, 0.1) is 6.54 Å². The van der Waals surface area contributed by atoms with Gasteiger partial charge in [0.25, 0.3) is 0 Å². The molecule has 1 heterocycles. The fourth-order valence-electron chi connectivity index (χ4n) is 2.20. The molecule has 0 atom stereocenters. The molecule has 0 aliphatic heterocycles. The summed E-state index contributed by atoms with van der Waals surface area (Å²) in [6, 6.07) is 0. The molecule has 4 nitrogen and oxygen atoms in total. The van der Waals surface area contributed by atoms with Crippen LogP contribution in [0.2, 0.25) is 0 Å². The fraction of sp³-hybridized carbons (Fsp3) is 0.818. The zero-order valence-corrected chi connectivity index (χ0v) is 9.45. The quantitative estimate of drug-likeness (QED) is 0.799. The van der Waals surface area contributed by atoms with Crippen LogP contribution < -0.4 is 5.32 Å². The van der Waals surface area contributed by atoms with E-state index in [4.69, 9.17) is 0 Å². The van der Waals surface area contributed by atoms with Crippen molar-refractivity contribution < 1.29 is 0 Å². The number of hydrogen-bond acceptors (Lipinski definition) is 3. The van der Waals surface area contributed by atoms with Crippen LogP contribution in [0, 0.1) is 5.92 Å². The Labute approximate surface area is 91.1 Å². The molecule has 0 bridgehead atoms. The first-order valence-electron chi connectivity index (χ1n) is 5.97. The Morgan fingerprint density at radius 1 is 1.47 bits per heavy atom. The molecule has 1 aromatic rings. The average molecular weight is 208 g/mol. The fourth-order valence-corrected chi connectivity index (χ4v) is 2.20. The van der Waals surface area contributed by atoms with E-state index < -0.39 is 0 Å². The molecule has 0 unspecified atom stereocenters. The average Bonchev–Trinajstić information content (AvgIpc) is 2.87. The molecule has 0 saturated heterocycles. The van der Waals surface area contributed by atoms with Crippen molar-refractivity contribution in [3.8, 4) is 0 Å². The van der Waals surface area contributed by atoms with Crippen molar-refractivity contribution in [1.29, 1.82) is 0 Å². The lowest BCUT2D eigenvalue weighted by atomic mass is 10.1. The van der Waals surface area contributed by atoms with Crippen LogP contribution in [0.15, 0.2) is 6.33 Å². The normalized spacial score (nSPS) is 17.4. The second kappa shape index (κ2) is 5.26. The smallest absolute Gasteiger partial charge is 0.164 e. The summed E-state index contributed by atoms with van der Waals surface area (Å²) in [6.07, 6.45) is 7.38. The largest absolute Gasteiger partial charge is 0.310 e. The summed E-state index contributed by atoms with van der Waals surface area (Å²) in [7, 11) is 0. The summed E-state index contributed by atoms with van der Waals surface area (Å²) in [5.74, 6) is 1.74. The summed E-state index contributed by atoms with van der Waals surface area (Å²) in [5, 5.41) is 7.69. The van der Waals surface area contributed by atoms with E-state index in [1.807, 2.05) is 11.0 Å². The Hall–Kier alpha value is -0.900. The van der Waals surface area contributed by atoms with E-state index in [9.17, 15) is 0 Å². The first kappa shape index (κ1) is 10.6. The molecule has 1 fully saturated rings. The Kier molecular flexibility index (Phi) is 3.72. The maximum Gasteiger partial charge on any atom is 0.164 e. The van der Waals surface area contributed by atoms with Crippen LogP contribution in [0.1, 0.15) is 38.4 Å². The minimum atomic E-state index is 0.786. The molecule has 0 radical (unpaired) electrons. The van der Waals surface area contributed by atoms with Crippen LogP contribution in [0.5, 0.6) is 0 Å². The molecule has 1 aliphatic carbocycles. The van der Waals surface area contributed by atoms with E-state index in [1.165, 1.54) is 25.7 Å². The van der Waals surface area contributed by atoms with Gasteiger partial charge in [0.15, 0.2) is 5.82 Å². The first-order valence-corrected chi connectivity index (χ1v) is 5.97. The molecule has 0 spiro atoms. The molecular formula is C11H20N4. The standard InChI is InChI=1S/C11H20N4/c1-2-12-7-11-13-9-15(14-11)8-10-5-3-4-6-10/h9-10,12H,2-8H2,1H3. The van der Waals surface area contributed by atoms with Crippen molar-refractivity contribution in [2.45, 2.75) is 45.7 Å². The summed E-state index contributed by atoms with van der Waals surface area (Å²) in [5.41, 5.74) is 0. The first-order chi connectivity index (χ1) is 7.38. The van der Waals surface area contributed by atoms with E-state index >= 15 is 0 Å². The number of nitrogens with one attached hydrogen (secondary N) is 1. The third-order valence-electron chi connectivity index (χ3n) is 3.04. The number of nitrogens with zero attached hydrogens (tertiary/aromatic N) is 3. The van der Waals surface area contributed by atoms with Gasteiger partial charge in [-0.3, -0.25) is 4.68 Å². The van der Waals surface area contributed by atoms with Gasteiger partial charge >= 0.3 is 0 Å². The lowest BCUT2D eigenvalue weighted by Gasteiger charge is -2.07. The van der Waals surface area contributed by atoms with E-state index in [-0.39, 0.29) is 0 Å². The highest BCUT2D eigenvalue weighted by Crippen LogP contribution is 2.25. The van der Waals surface area contributed by atoms with Crippen molar-refractivity contribution >= 4 is 0 Å². The van der Waals surface area contributed by atoms with Crippen molar-refractivity contribution in [3.05, 3.63) is 12.2 Å². The highest BCUT2D eigenvalue weighted by atomic mass is 15.3. The van der Waals surface area contributed by atoms with E-state index in [0.717, 1.165) is 31.4 Å². The molecule has 0 amide bonds. The van der Waals surface area contributed by atoms with Gasteiger partial charge < -0.3 is 5.32 Å². The molecule has 1 saturated carbocycles. The maximum atomic E-state index is 4.45. The minimum Gasteiger partial charge on any atom is -0.310 e. The number of hydrogen-bond donors (Lipinski definition) is 1. The lowest BCUT2D eigenvalue weighted by Crippen LogP contribution is -2.14. The topological polar surface area (TPSA) is 42.7 Å². The van der Waals surface area contributed by atoms with Gasteiger partial charge in [-0.15, -0.1) is 0 Å². The van der Waals surface area contributed by atoms with Crippen LogP contribution in [0.3, 0.4) is 0 Å². The molecular weight excluding hydrogens is 188 g/mol. The van der Waals surface area contributed by atoms with Crippen LogP contribution in [0.25, 0.3) is 0 Å². The Morgan fingerprint density at radius 3 is 3.00 bits per heavy atom. The second-order valence-electron chi connectivity index (χ2n) is 4.31. The molecule has 15 heavy (non-hydrogen) atoms. The van der Waals surface area contributed by atoms with Crippen LogP contribution in [-0.4, -0.2) is 21.3 Å². The van der Waals surface area contributed by atoms with Crippen LogP contribution in [-0.2, 0) is 13.1 Å². The van der Waals surface area contributed by atoms with E-state index in [0.29, 0.717) is 0 Å². The molecule has 1 aromatic heterocycles. The Bertz CT molecular complexity index is 289. The van der Waals surface area contributed by atoms with Crippen molar-refractivity contribution in [2.75, 3.05) is 6.54 Å². The van der Waals surface area contributed by atoms with Gasteiger partial charge in [0.2, 0.25) is 0 Å². The summed E-state index contributed by atoms with van der Waals surface area (Å²) in [4.78, 5) is 4.29. The van der Waals surface area contributed by atoms with Gasteiger partial charge in [-0.2, -0.15) is 5.10 Å². The third kappa shape index (κ3) is 3.02. The SMILES string of the molecule is CCNCc1ncn(CC2CCCC2)n1. The van der Waals surface area contributed by atoms with Gasteiger partial charge in [0, 0.05) is 6.54 Å². The molecule has 84 valence electrons. The monoisotopic (exact) mass is 208 g/mol. The summed E-state index contributed by atoms with van der Waals surface area (Å²) in [6.45, 7) is 4.90. The molecule has 1 aliphatic rings. The Morgan fingerprint density at radius 2 is 2.27 bits per heavy atom. The van der Waals surface area contributed by atoms with Crippen LogP contribution >= 0.6 is 0 Å². The van der Waals surface area contributed by atoms with Crippen molar-refractivity contribution in [3.63, 3.8) is 0 Å². The molecule has 4 heteroatoms.